The zero-order chi connectivity index (χ0) is 14.8. The van der Waals surface area contributed by atoms with Crippen LogP contribution in [0.25, 0.3) is 0 Å². The van der Waals surface area contributed by atoms with Gasteiger partial charge in [0.05, 0.1) is 0 Å². The van der Waals surface area contributed by atoms with Crippen LogP contribution < -0.4 is 10.1 Å². The van der Waals surface area contributed by atoms with E-state index in [1.54, 1.807) is 12.1 Å². The molecule has 0 aromatic heterocycles. The molecule has 0 bridgehead atoms. The van der Waals surface area contributed by atoms with Crippen molar-refractivity contribution >= 4 is 0 Å². The molecule has 0 amide bonds. The molecule has 0 fully saturated rings. The second-order valence-electron chi connectivity index (χ2n) is 5.42. The summed E-state index contributed by atoms with van der Waals surface area (Å²) in [5.74, 6) is 1.13. The van der Waals surface area contributed by atoms with Gasteiger partial charge in [-0.1, -0.05) is 24.3 Å². The van der Waals surface area contributed by atoms with Crippen LogP contribution in [0.2, 0.25) is 0 Å². The van der Waals surface area contributed by atoms with Gasteiger partial charge in [-0.3, -0.25) is 0 Å². The van der Waals surface area contributed by atoms with Gasteiger partial charge in [-0.15, -0.1) is 0 Å². The molecule has 2 aromatic carbocycles. The van der Waals surface area contributed by atoms with E-state index in [-0.39, 0.29) is 23.6 Å². The van der Waals surface area contributed by atoms with Crippen LogP contribution in [-0.4, -0.2) is 22.9 Å². The lowest BCUT2D eigenvalue weighted by Gasteiger charge is -2.18. The van der Waals surface area contributed by atoms with Crippen molar-refractivity contribution < 1.29 is 14.9 Å². The lowest BCUT2D eigenvalue weighted by atomic mass is 10.1. The molecule has 0 radical (unpaired) electrons. The Kier molecular flexibility index (Phi) is 3.71. The minimum atomic E-state index is -0.0158. The van der Waals surface area contributed by atoms with Crippen molar-refractivity contribution in [3.8, 4) is 17.2 Å². The van der Waals surface area contributed by atoms with Gasteiger partial charge in [0.15, 0.2) is 0 Å². The largest absolute Gasteiger partial charge is 0.508 e. The number of aromatic hydroxyl groups is 2. The van der Waals surface area contributed by atoms with Gasteiger partial charge in [0.25, 0.3) is 0 Å². The molecule has 0 aliphatic carbocycles. The summed E-state index contributed by atoms with van der Waals surface area (Å²) in [6.45, 7) is 2.68. The average molecular weight is 285 g/mol. The smallest absolute Gasteiger partial charge is 0.124 e. The van der Waals surface area contributed by atoms with E-state index in [9.17, 15) is 10.2 Å². The molecule has 0 spiro atoms. The van der Waals surface area contributed by atoms with Gasteiger partial charge in [-0.05, 0) is 24.6 Å². The van der Waals surface area contributed by atoms with E-state index in [2.05, 4.69) is 11.4 Å². The highest BCUT2D eigenvalue weighted by Gasteiger charge is 2.23. The molecule has 1 aliphatic rings. The number of phenolic OH excluding ortho intramolecular Hbond substituents is 2. The summed E-state index contributed by atoms with van der Waals surface area (Å²) >= 11 is 0. The van der Waals surface area contributed by atoms with Crippen molar-refractivity contribution in [3.05, 3.63) is 53.6 Å². The molecular formula is C17H19NO3. The van der Waals surface area contributed by atoms with E-state index in [1.165, 1.54) is 11.6 Å². The van der Waals surface area contributed by atoms with E-state index in [0.717, 1.165) is 17.7 Å². The van der Waals surface area contributed by atoms with Gasteiger partial charge in [0.2, 0.25) is 0 Å². The van der Waals surface area contributed by atoms with Crippen molar-refractivity contribution in [1.82, 2.24) is 5.32 Å². The topological polar surface area (TPSA) is 61.7 Å². The number of ether oxygens (including phenoxy) is 1. The number of phenols is 2. The molecule has 3 rings (SSSR count). The summed E-state index contributed by atoms with van der Waals surface area (Å²) in [4.78, 5) is 0. The van der Waals surface area contributed by atoms with Crippen molar-refractivity contribution in [1.29, 1.82) is 0 Å². The number of para-hydroxylation sites is 1. The molecule has 1 aliphatic heterocycles. The Hall–Kier alpha value is -2.20. The number of benzene rings is 2. The quantitative estimate of drug-likeness (QED) is 0.808. The number of nitrogens with one attached hydrogen (secondary N) is 1. The molecule has 3 N–H and O–H groups in total. The highest BCUT2D eigenvalue weighted by Crippen LogP contribution is 2.30. The van der Waals surface area contributed by atoms with Gasteiger partial charge in [0, 0.05) is 30.6 Å². The third-order valence-electron chi connectivity index (χ3n) is 3.85. The highest BCUT2D eigenvalue weighted by atomic mass is 16.5. The van der Waals surface area contributed by atoms with Crippen molar-refractivity contribution in [2.24, 2.45) is 0 Å². The fourth-order valence-corrected chi connectivity index (χ4v) is 2.68. The molecule has 4 heteroatoms. The van der Waals surface area contributed by atoms with Crippen LogP contribution in [0.5, 0.6) is 17.2 Å². The minimum absolute atomic E-state index is 0.0158. The molecule has 110 valence electrons. The summed E-state index contributed by atoms with van der Waals surface area (Å²) in [5.41, 5.74) is 2.01. The van der Waals surface area contributed by atoms with E-state index < -0.39 is 0 Å². The van der Waals surface area contributed by atoms with Crippen LogP contribution >= 0.6 is 0 Å². The van der Waals surface area contributed by atoms with Gasteiger partial charge >= 0.3 is 0 Å². The highest BCUT2D eigenvalue weighted by molar-refractivity contribution is 5.41. The number of fused-ring (bicyclic) bond motifs is 1. The third-order valence-corrected chi connectivity index (χ3v) is 3.85. The maximum Gasteiger partial charge on any atom is 0.124 e. The van der Waals surface area contributed by atoms with Crippen LogP contribution in [0.3, 0.4) is 0 Å². The molecule has 2 atom stereocenters. The first kappa shape index (κ1) is 13.8. The Bertz CT molecular complexity index is 617. The standard InChI is InChI=1S/C17H19NO3/c1-11(15-7-6-13(19)9-16(15)20)18-10-14-8-12-4-2-3-5-17(12)21-14/h2-7,9,11,14,18-20H,8,10H2,1H3. The van der Waals surface area contributed by atoms with E-state index in [4.69, 9.17) is 4.74 Å². The van der Waals surface area contributed by atoms with Crippen LogP contribution in [0.4, 0.5) is 0 Å². The minimum Gasteiger partial charge on any atom is -0.508 e. The fourth-order valence-electron chi connectivity index (χ4n) is 2.68. The van der Waals surface area contributed by atoms with Crippen molar-refractivity contribution in [2.45, 2.75) is 25.5 Å². The first-order valence-corrected chi connectivity index (χ1v) is 7.13. The van der Waals surface area contributed by atoms with Crippen molar-refractivity contribution in [3.63, 3.8) is 0 Å². The van der Waals surface area contributed by atoms with E-state index in [0.29, 0.717) is 6.54 Å². The van der Waals surface area contributed by atoms with E-state index in [1.807, 2.05) is 25.1 Å². The first-order chi connectivity index (χ1) is 10.1. The Balaban J connectivity index is 1.59. The van der Waals surface area contributed by atoms with Gasteiger partial charge < -0.3 is 20.3 Å². The Morgan fingerprint density at radius 2 is 2.05 bits per heavy atom. The zero-order valence-corrected chi connectivity index (χ0v) is 11.9. The number of rotatable bonds is 4. The Morgan fingerprint density at radius 3 is 2.81 bits per heavy atom. The van der Waals surface area contributed by atoms with Gasteiger partial charge in [-0.25, -0.2) is 0 Å². The predicted octanol–water partition coefficient (Wildman–Crippen LogP) is 2.75. The van der Waals surface area contributed by atoms with Crippen LogP contribution in [0.1, 0.15) is 24.1 Å². The summed E-state index contributed by atoms with van der Waals surface area (Å²) in [6.07, 6.45) is 1.02. The summed E-state index contributed by atoms with van der Waals surface area (Å²) in [7, 11) is 0. The SMILES string of the molecule is CC(NCC1Cc2ccccc2O1)c1ccc(O)cc1O. The monoisotopic (exact) mass is 285 g/mol. The predicted molar refractivity (Wildman–Crippen MR) is 80.8 cm³/mol. The second-order valence-corrected chi connectivity index (χ2v) is 5.42. The molecular weight excluding hydrogens is 266 g/mol. The van der Waals surface area contributed by atoms with Gasteiger partial charge in [-0.2, -0.15) is 0 Å². The molecule has 0 saturated heterocycles. The van der Waals surface area contributed by atoms with Crippen LogP contribution in [0.15, 0.2) is 42.5 Å². The molecule has 1 heterocycles. The fraction of sp³-hybridized carbons (Fsp3) is 0.294. The number of hydrogen-bond acceptors (Lipinski definition) is 4. The second kappa shape index (κ2) is 5.66. The molecule has 21 heavy (non-hydrogen) atoms. The van der Waals surface area contributed by atoms with Gasteiger partial charge in [0.1, 0.15) is 23.4 Å². The molecule has 4 nitrogen and oxygen atoms in total. The summed E-state index contributed by atoms with van der Waals surface area (Å²) in [6, 6.07) is 12.7. The maximum atomic E-state index is 9.86. The third kappa shape index (κ3) is 2.95. The van der Waals surface area contributed by atoms with Crippen molar-refractivity contribution in [2.75, 3.05) is 6.54 Å². The average Bonchev–Trinajstić information content (AvgIpc) is 2.87. The lowest BCUT2D eigenvalue weighted by molar-refractivity contribution is 0.222. The summed E-state index contributed by atoms with van der Waals surface area (Å²) < 4.78 is 5.88. The maximum absolute atomic E-state index is 9.86. The normalized spacial score (nSPS) is 18.0. The number of hydrogen-bond donors (Lipinski definition) is 3. The Morgan fingerprint density at radius 1 is 1.24 bits per heavy atom. The molecule has 0 saturated carbocycles. The lowest BCUT2D eigenvalue weighted by Crippen LogP contribution is -2.31. The van der Waals surface area contributed by atoms with Crippen LogP contribution in [-0.2, 0) is 6.42 Å². The Labute approximate surface area is 124 Å². The van der Waals surface area contributed by atoms with Crippen LogP contribution in [0, 0.1) is 0 Å². The zero-order valence-electron chi connectivity index (χ0n) is 11.9. The van der Waals surface area contributed by atoms with E-state index >= 15 is 0 Å². The summed E-state index contributed by atoms with van der Waals surface area (Å²) in [5, 5.41) is 22.6. The first-order valence-electron chi connectivity index (χ1n) is 7.13. The molecule has 2 unspecified atom stereocenters. The molecule has 2 aromatic rings.